The molecule has 376 valence electrons. The van der Waals surface area contributed by atoms with Gasteiger partial charge in [-0.3, -0.25) is 0 Å². The molecule has 0 fully saturated rings. The average molecular weight is 1310 g/mol. The number of anilines is 3. The van der Waals surface area contributed by atoms with Crippen molar-refractivity contribution < 1.29 is 0 Å². The van der Waals surface area contributed by atoms with E-state index in [4.69, 9.17) is 196 Å². The van der Waals surface area contributed by atoms with Crippen LogP contribution in [0.2, 0.25) is 80.6 Å². The average Bonchev–Trinajstić information content (AvgIpc) is 3.33. The largest absolute Gasteiger partial charge is 0.311 e. The van der Waals surface area contributed by atoms with E-state index in [1.54, 1.807) is 72.8 Å². The van der Waals surface area contributed by atoms with Crippen molar-refractivity contribution >= 4 is 203 Å². The quantitative estimate of drug-likeness (QED) is 0.121. The van der Waals surface area contributed by atoms with Crippen LogP contribution in [-0.2, 0) is 0 Å². The molecule has 9 aromatic rings. The summed E-state index contributed by atoms with van der Waals surface area (Å²) < 4.78 is 0. The molecule has 75 heavy (non-hydrogen) atoms. The van der Waals surface area contributed by atoms with Crippen LogP contribution in [0.15, 0.2) is 133 Å². The van der Waals surface area contributed by atoms with Crippen molar-refractivity contribution in [3.63, 3.8) is 0 Å². The Hall–Kier alpha value is -3.23. The Morgan fingerprint density at radius 3 is 0.800 bits per heavy atom. The zero-order chi connectivity index (χ0) is 53.7. The zero-order valence-electron chi connectivity index (χ0n) is 37.2. The first kappa shape index (κ1) is 56.5. The third-order valence-corrected chi connectivity index (χ3v) is 16.5. The molecule has 0 N–H and O–H groups in total. The molecular formula is C55H24Cl16N4. The topological polar surface area (TPSA) is 52.8 Å². The number of benzene rings is 7. The molecule has 0 spiro atoms. The highest BCUT2D eigenvalue weighted by molar-refractivity contribution is 6.44. The second-order valence-corrected chi connectivity index (χ2v) is 23.0. The number of hydrogen-bond acceptors (Lipinski definition) is 4. The predicted octanol–water partition coefficient (Wildman–Crippen LogP) is 24.0. The molecular weight excluding hydrogens is 1280 g/mol. The van der Waals surface area contributed by atoms with Crippen molar-refractivity contribution in [2.24, 2.45) is 0 Å². The molecule has 0 saturated carbocycles. The summed E-state index contributed by atoms with van der Waals surface area (Å²) in [6, 6.07) is 40.2. The molecule has 4 nitrogen and oxygen atoms in total. The van der Waals surface area contributed by atoms with Gasteiger partial charge in [-0.1, -0.05) is 210 Å². The molecule has 20 heteroatoms. The lowest BCUT2D eigenvalue weighted by molar-refractivity contribution is 0.966. The van der Waals surface area contributed by atoms with Gasteiger partial charge in [-0.05, 0) is 109 Å². The summed E-state index contributed by atoms with van der Waals surface area (Å²) >= 11 is 108. The van der Waals surface area contributed by atoms with E-state index in [9.17, 15) is 5.26 Å². The van der Waals surface area contributed by atoms with E-state index >= 15 is 0 Å². The maximum atomic E-state index is 9.64. The van der Waals surface area contributed by atoms with Crippen LogP contribution in [0.4, 0.5) is 17.1 Å². The Bertz CT molecular complexity index is 3300. The van der Waals surface area contributed by atoms with E-state index in [0.29, 0.717) is 81.5 Å². The lowest BCUT2D eigenvalue weighted by Crippen LogP contribution is -2.10. The van der Waals surface area contributed by atoms with Crippen LogP contribution >= 0.6 is 186 Å². The Kier molecular flexibility index (Phi) is 17.8. The lowest BCUT2D eigenvalue weighted by Gasteiger charge is -2.26. The minimum Gasteiger partial charge on any atom is -0.311 e. The van der Waals surface area contributed by atoms with E-state index in [1.165, 1.54) is 0 Å². The van der Waals surface area contributed by atoms with Gasteiger partial charge in [-0.2, -0.15) is 5.26 Å². The van der Waals surface area contributed by atoms with Gasteiger partial charge in [0.2, 0.25) is 0 Å². The third-order valence-electron chi connectivity index (χ3n) is 11.9. The van der Waals surface area contributed by atoms with Gasteiger partial charge in [0.1, 0.15) is 10.3 Å². The van der Waals surface area contributed by atoms with E-state index in [2.05, 4.69) is 6.07 Å². The van der Waals surface area contributed by atoms with Gasteiger partial charge in [0, 0.05) is 144 Å². The van der Waals surface area contributed by atoms with Crippen molar-refractivity contribution in [2.75, 3.05) is 4.90 Å². The lowest BCUT2D eigenvalue weighted by atomic mass is 9.85. The summed E-state index contributed by atoms with van der Waals surface area (Å²) in [7, 11) is 0. The number of rotatable bonds is 11. The van der Waals surface area contributed by atoms with Gasteiger partial charge in [-0.15, -0.1) is 0 Å². The maximum Gasteiger partial charge on any atom is 0.135 e. The van der Waals surface area contributed by atoms with Gasteiger partial charge in [0.05, 0.1) is 23.0 Å². The van der Waals surface area contributed by atoms with Crippen LogP contribution in [0, 0.1) is 11.3 Å². The molecule has 0 amide bonds. The summed E-state index contributed by atoms with van der Waals surface area (Å²) in [4.78, 5) is 11.6. The van der Waals surface area contributed by atoms with Crippen molar-refractivity contribution in [2.45, 2.75) is 11.8 Å². The van der Waals surface area contributed by atoms with Crippen molar-refractivity contribution in [3.8, 4) is 28.6 Å². The molecule has 0 saturated heterocycles. The number of halogens is 16. The van der Waals surface area contributed by atoms with Crippen LogP contribution in [0.1, 0.15) is 50.8 Å². The molecule has 0 aliphatic carbocycles. The van der Waals surface area contributed by atoms with Crippen molar-refractivity contribution in [3.05, 3.63) is 253 Å². The van der Waals surface area contributed by atoms with Gasteiger partial charge in [0.25, 0.3) is 0 Å². The van der Waals surface area contributed by atoms with Crippen LogP contribution < -0.4 is 4.90 Å². The molecule has 0 bridgehead atoms. The summed E-state index contributed by atoms with van der Waals surface area (Å²) in [5, 5.41) is 13.2. The minimum atomic E-state index is -0.897. The van der Waals surface area contributed by atoms with Crippen molar-refractivity contribution in [1.29, 1.82) is 5.26 Å². The normalized spacial score (nSPS) is 11.4. The highest BCUT2D eigenvalue weighted by Crippen LogP contribution is 2.53. The highest BCUT2D eigenvalue weighted by atomic mass is 35.5. The Morgan fingerprint density at radius 1 is 0.320 bits per heavy atom. The number of pyridine rings is 2. The van der Waals surface area contributed by atoms with Gasteiger partial charge < -0.3 is 4.90 Å². The van der Waals surface area contributed by atoms with Gasteiger partial charge in [-0.25, -0.2) is 9.97 Å². The summed E-state index contributed by atoms with van der Waals surface area (Å²) in [6.45, 7) is 0. The van der Waals surface area contributed by atoms with Crippen LogP contribution in [0.3, 0.4) is 0 Å². The summed E-state index contributed by atoms with van der Waals surface area (Å²) in [5.74, 6) is -1.79. The molecule has 0 aliphatic heterocycles. The molecule has 0 atom stereocenters. The van der Waals surface area contributed by atoms with E-state index in [0.717, 1.165) is 17.1 Å². The standard InChI is InChI=1S/C55H24Cl16N4/c56-27-13-34(60)46(35(61)14-27)52(47-36(62)15-28(57)16-37(47)63)50-42(68)21-44(73-54(50)70)25-3-9-32(10-4-25)75(31-7-1-24(23-72)2-8-31)33-11-5-26(6-12-33)45-22-43(69)51(55(71)74-45)53(48-38(64)17-29(58)18-39(48)65)49-40(66)19-30(59)20-41(49)67/h1-22,52-53H. The Balaban J connectivity index is 1.08. The second-order valence-electron chi connectivity index (χ2n) is 16.5. The molecule has 0 aliphatic rings. The highest BCUT2D eigenvalue weighted by Gasteiger charge is 2.34. The number of aromatic nitrogens is 2. The number of nitriles is 1. The SMILES string of the molecule is N#Cc1ccc(N(c2ccc(-c3cc(Cl)c(C(c4c(Cl)cc(Cl)cc4Cl)c4c(Cl)cc(Cl)cc4Cl)c(Cl)n3)cc2)c2ccc(-c3cc(Cl)c(C(c4c(Cl)cc(Cl)cc4Cl)c4c(Cl)cc(Cl)cc4Cl)c(Cl)n3)cc2)cc1. The molecule has 0 unspecified atom stereocenters. The summed E-state index contributed by atoms with van der Waals surface area (Å²) in [5.41, 5.74) is 7.29. The first-order valence-corrected chi connectivity index (χ1v) is 27.6. The Morgan fingerprint density at radius 2 is 0.560 bits per heavy atom. The van der Waals surface area contributed by atoms with Crippen LogP contribution in [0.5, 0.6) is 0 Å². The van der Waals surface area contributed by atoms with Crippen LogP contribution in [-0.4, -0.2) is 9.97 Å². The molecule has 2 heterocycles. The molecule has 0 radical (unpaired) electrons. The van der Waals surface area contributed by atoms with E-state index < -0.39 is 11.8 Å². The first-order valence-electron chi connectivity index (χ1n) is 21.5. The molecule has 2 aromatic heterocycles. The number of nitrogens with zero attached hydrogens (tertiary/aromatic N) is 4. The van der Waals surface area contributed by atoms with Crippen LogP contribution in [0.25, 0.3) is 22.5 Å². The molecule has 7 aromatic carbocycles. The third kappa shape index (κ3) is 11.8. The van der Waals surface area contributed by atoms with Gasteiger partial charge >= 0.3 is 0 Å². The van der Waals surface area contributed by atoms with Crippen molar-refractivity contribution in [1.82, 2.24) is 9.97 Å². The fourth-order valence-electron chi connectivity index (χ4n) is 8.68. The first-order chi connectivity index (χ1) is 35.7. The van der Waals surface area contributed by atoms with E-state index in [-0.39, 0.29) is 60.5 Å². The van der Waals surface area contributed by atoms with Gasteiger partial charge in [0.15, 0.2) is 0 Å². The zero-order valence-corrected chi connectivity index (χ0v) is 49.3. The monoisotopic (exact) mass is 1300 g/mol. The maximum absolute atomic E-state index is 9.64. The smallest absolute Gasteiger partial charge is 0.135 e. The predicted molar refractivity (Wildman–Crippen MR) is 320 cm³/mol. The Labute approximate surface area is 510 Å². The number of hydrogen-bond donors (Lipinski definition) is 0. The summed E-state index contributed by atoms with van der Waals surface area (Å²) in [6.07, 6.45) is 0. The van der Waals surface area contributed by atoms with E-state index in [1.807, 2.05) is 65.6 Å². The molecule has 9 rings (SSSR count). The fourth-order valence-corrected chi connectivity index (χ4v) is 14.1. The second kappa shape index (κ2) is 23.6. The minimum absolute atomic E-state index is 0.0345. The fraction of sp³-hybridized carbons (Fsp3) is 0.0364.